The van der Waals surface area contributed by atoms with Crippen LogP contribution in [0.2, 0.25) is 5.02 Å². The number of hydrogen-bond donors (Lipinski definition) is 2. The van der Waals surface area contributed by atoms with Gasteiger partial charge in [-0.15, -0.1) is 0 Å². The van der Waals surface area contributed by atoms with E-state index in [2.05, 4.69) is 16.7 Å². The lowest BCUT2D eigenvalue weighted by Gasteiger charge is -2.28. The average Bonchev–Trinajstić information content (AvgIpc) is 2.48. The van der Waals surface area contributed by atoms with Gasteiger partial charge in [-0.3, -0.25) is 14.5 Å². The van der Waals surface area contributed by atoms with E-state index in [0.717, 1.165) is 0 Å². The maximum Gasteiger partial charge on any atom is 0.238 e. The number of carbonyl (C=O) groups is 2. The van der Waals surface area contributed by atoms with Gasteiger partial charge < -0.3 is 10.6 Å². The number of para-hydroxylation sites is 1. The Morgan fingerprint density at radius 1 is 1.29 bits per heavy atom. The van der Waals surface area contributed by atoms with E-state index in [1.54, 1.807) is 43.1 Å². The molecule has 2 amide bonds. The SMILES string of the molecule is CC(C)C(C)(C#N)NC(=O)CN(C)CC(=O)Nc1ccccc1Cl. The first-order chi connectivity index (χ1) is 11.2. The molecule has 0 fully saturated rings. The minimum atomic E-state index is -0.933. The quantitative estimate of drug-likeness (QED) is 0.790. The molecule has 7 heteroatoms. The summed E-state index contributed by atoms with van der Waals surface area (Å²) in [5, 5.41) is 15.1. The molecule has 24 heavy (non-hydrogen) atoms. The standard InChI is InChI=1S/C17H23ClN4O2/c1-12(2)17(3,11-19)21-16(24)10-22(4)9-15(23)20-14-8-6-5-7-13(14)18/h5-8,12H,9-10H2,1-4H3,(H,20,23)(H,21,24). The molecule has 0 radical (unpaired) electrons. The van der Waals surface area contributed by atoms with Gasteiger partial charge in [-0.1, -0.05) is 37.6 Å². The van der Waals surface area contributed by atoms with Crippen molar-refractivity contribution in [2.75, 3.05) is 25.5 Å². The molecule has 1 atom stereocenters. The van der Waals surface area contributed by atoms with Crippen LogP contribution in [-0.2, 0) is 9.59 Å². The van der Waals surface area contributed by atoms with Gasteiger partial charge in [0.1, 0.15) is 5.54 Å². The van der Waals surface area contributed by atoms with Crippen LogP contribution in [0.1, 0.15) is 20.8 Å². The van der Waals surface area contributed by atoms with E-state index < -0.39 is 5.54 Å². The fourth-order valence-electron chi connectivity index (χ4n) is 1.93. The fourth-order valence-corrected chi connectivity index (χ4v) is 2.11. The summed E-state index contributed by atoms with van der Waals surface area (Å²) in [6.07, 6.45) is 0. The molecule has 0 aromatic heterocycles. The second kappa shape index (κ2) is 8.67. The van der Waals surface area contributed by atoms with Crippen molar-refractivity contribution in [3.63, 3.8) is 0 Å². The van der Waals surface area contributed by atoms with E-state index in [9.17, 15) is 14.9 Å². The number of carbonyl (C=O) groups excluding carboxylic acids is 2. The highest BCUT2D eigenvalue weighted by Crippen LogP contribution is 2.20. The van der Waals surface area contributed by atoms with Gasteiger partial charge in [-0.25, -0.2) is 0 Å². The second-order valence-corrected chi connectivity index (χ2v) is 6.62. The zero-order chi connectivity index (χ0) is 18.3. The molecule has 0 aliphatic rings. The number of nitrogens with zero attached hydrogens (tertiary/aromatic N) is 2. The van der Waals surface area contributed by atoms with Crippen molar-refractivity contribution in [1.82, 2.24) is 10.2 Å². The number of anilines is 1. The van der Waals surface area contributed by atoms with E-state index in [4.69, 9.17) is 11.6 Å². The molecule has 6 nitrogen and oxygen atoms in total. The van der Waals surface area contributed by atoms with Crippen LogP contribution in [0.15, 0.2) is 24.3 Å². The molecule has 2 N–H and O–H groups in total. The number of amides is 2. The second-order valence-electron chi connectivity index (χ2n) is 6.22. The summed E-state index contributed by atoms with van der Waals surface area (Å²) in [5.74, 6) is -0.605. The number of hydrogen-bond acceptors (Lipinski definition) is 4. The highest BCUT2D eigenvalue weighted by molar-refractivity contribution is 6.33. The summed E-state index contributed by atoms with van der Waals surface area (Å²) in [5.41, 5.74) is -0.406. The molecule has 0 saturated carbocycles. The molecule has 1 rings (SSSR count). The molecule has 0 bridgehead atoms. The smallest absolute Gasteiger partial charge is 0.238 e. The van der Waals surface area contributed by atoms with Crippen molar-refractivity contribution in [1.29, 1.82) is 5.26 Å². The van der Waals surface area contributed by atoms with Crippen molar-refractivity contribution < 1.29 is 9.59 Å². The molecule has 1 aromatic carbocycles. The first-order valence-corrected chi connectivity index (χ1v) is 8.01. The minimum Gasteiger partial charge on any atom is -0.337 e. The van der Waals surface area contributed by atoms with Crippen LogP contribution >= 0.6 is 11.6 Å². The van der Waals surface area contributed by atoms with Crippen LogP contribution in [0.3, 0.4) is 0 Å². The van der Waals surface area contributed by atoms with Gasteiger partial charge in [0, 0.05) is 0 Å². The Kier molecular flexibility index (Phi) is 7.20. The van der Waals surface area contributed by atoms with Gasteiger partial charge in [-0.2, -0.15) is 5.26 Å². The maximum atomic E-state index is 12.1. The molecule has 0 spiro atoms. The zero-order valence-corrected chi connectivity index (χ0v) is 15.1. The molecule has 0 saturated heterocycles. The van der Waals surface area contributed by atoms with Crippen LogP contribution in [0.25, 0.3) is 0 Å². The summed E-state index contributed by atoms with van der Waals surface area (Å²) in [7, 11) is 1.66. The lowest BCUT2D eigenvalue weighted by atomic mass is 9.90. The van der Waals surface area contributed by atoms with Gasteiger partial charge in [0.25, 0.3) is 0 Å². The maximum absolute atomic E-state index is 12.1. The van der Waals surface area contributed by atoms with Gasteiger partial charge in [0.05, 0.1) is 29.9 Å². The summed E-state index contributed by atoms with van der Waals surface area (Å²) >= 11 is 5.98. The average molecular weight is 351 g/mol. The summed E-state index contributed by atoms with van der Waals surface area (Å²) in [4.78, 5) is 25.6. The fraction of sp³-hybridized carbons (Fsp3) is 0.471. The Bertz CT molecular complexity index is 642. The van der Waals surface area contributed by atoms with E-state index in [0.29, 0.717) is 10.7 Å². The van der Waals surface area contributed by atoms with Crippen LogP contribution in [0.5, 0.6) is 0 Å². The van der Waals surface area contributed by atoms with E-state index in [1.807, 2.05) is 13.8 Å². The Labute approximate surface area is 147 Å². The predicted octanol–water partition coefficient (Wildman–Crippen LogP) is 2.26. The third kappa shape index (κ3) is 5.84. The van der Waals surface area contributed by atoms with Crippen LogP contribution < -0.4 is 10.6 Å². The van der Waals surface area contributed by atoms with Crippen molar-refractivity contribution >= 4 is 29.1 Å². The highest BCUT2D eigenvalue weighted by atomic mass is 35.5. The molecule has 0 heterocycles. The summed E-state index contributed by atoms with van der Waals surface area (Å²) in [6.45, 7) is 5.46. The number of likely N-dealkylation sites (N-methyl/N-ethyl adjacent to an activating group) is 1. The van der Waals surface area contributed by atoms with Crippen molar-refractivity contribution in [3.8, 4) is 6.07 Å². The molecule has 130 valence electrons. The lowest BCUT2D eigenvalue weighted by molar-refractivity contribution is -0.124. The Morgan fingerprint density at radius 2 is 1.88 bits per heavy atom. The van der Waals surface area contributed by atoms with Crippen molar-refractivity contribution in [2.24, 2.45) is 5.92 Å². The van der Waals surface area contributed by atoms with E-state index in [-0.39, 0.29) is 30.8 Å². The highest BCUT2D eigenvalue weighted by Gasteiger charge is 2.30. The van der Waals surface area contributed by atoms with Crippen LogP contribution in [0, 0.1) is 17.2 Å². The van der Waals surface area contributed by atoms with E-state index >= 15 is 0 Å². The number of benzene rings is 1. The number of rotatable bonds is 7. The van der Waals surface area contributed by atoms with Gasteiger partial charge in [-0.05, 0) is 32.0 Å². The predicted molar refractivity (Wildman–Crippen MR) is 94.6 cm³/mol. The topological polar surface area (TPSA) is 85.2 Å². The molecular formula is C17H23ClN4O2. The molecule has 0 aliphatic heterocycles. The minimum absolute atomic E-state index is 0.0138. The number of halogens is 1. The lowest BCUT2D eigenvalue weighted by Crippen LogP contribution is -2.51. The van der Waals surface area contributed by atoms with Crippen LogP contribution in [0.4, 0.5) is 5.69 Å². The normalized spacial score (nSPS) is 13.2. The molecule has 1 aromatic rings. The molecular weight excluding hydrogens is 328 g/mol. The first-order valence-electron chi connectivity index (χ1n) is 7.63. The molecule has 1 unspecified atom stereocenters. The Balaban J connectivity index is 2.52. The number of nitrogens with one attached hydrogen (secondary N) is 2. The van der Waals surface area contributed by atoms with Crippen LogP contribution in [-0.4, -0.2) is 42.4 Å². The monoisotopic (exact) mass is 350 g/mol. The first kappa shape index (κ1) is 19.9. The largest absolute Gasteiger partial charge is 0.337 e. The van der Waals surface area contributed by atoms with E-state index in [1.165, 1.54) is 0 Å². The third-order valence-corrected chi connectivity index (χ3v) is 4.09. The summed E-state index contributed by atoms with van der Waals surface area (Å²) in [6, 6.07) is 9.05. The summed E-state index contributed by atoms with van der Waals surface area (Å²) < 4.78 is 0. The van der Waals surface area contributed by atoms with Gasteiger partial charge in [0.2, 0.25) is 11.8 Å². The van der Waals surface area contributed by atoms with Gasteiger partial charge >= 0.3 is 0 Å². The Morgan fingerprint density at radius 3 is 2.42 bits per heavy atom. The third-order valence-electron chi connectivity index (χ3n) is 3.76. The van der Waals surface area contributed by atoms with Gasteiger partial charge in [0.15, 0.2) is 0 Å². The zero-order valence-electron chi connectivity index (χ0n) is 14.4. The Hall–Kier alpha value is -2.10. The molecule has 0 aliphatic carbocycles. The van der Waals surface area contributed by atoms with Crippen molar-refractivity contribution in [3.05, 3.63) is 29.3 Å². The van der Waals surface area contributed by atoms with Crippen molar-refractivity contribution in [2.45, 2.75) is 26.3 Å². The number of nitriles is 1.